The second kappa shape index (κ2) is 26.9. The maximum atomic E-state index is 12.9. The summed E-state index contributed by atoms with van der Waals surface area (Å²) in [6, 6.07) is 0. The highest BCUT2D eigenvalue weighted by molar-refractivity contribution is 5.91. The van der Waals surface area contributed by atoms with Crippen LogP contribution in [0.5, 0.6) is 0 Å². The molecular weight excluding hydrogens is 388 g/mol. The Morgan fingerprint density at radius 1 is 0.344 bits per heavy atom. The van der Waals surface area contributed by atoms with Gasteiger partial charge in [-0.3, -0.25) is 4.79 Å². The molecule has 0 aliphatic heterocycles. The third-order valence-electron chi connectivity index (χ3n) is 7.07. The zero-order valence-electron chi connectivity index (χ0n) is 22.8. The SMILES string of the molecule is CCCCCCCCCCCCCC(=O)[C](CCCCCC)CCCCCCCCCC. The van der Waals surface area contributed by atoms with Gasteiger partial charge in [-0.25, -0.2) is 0 Å². The molecular formula is C31H61O. The molecule has 1 radical (unpaired) electrons. The molecule has 0 aliphatic rings. The lowest BCUT2D eigenvalue weighted by Gasteiger charge is -2.15. The molecule has 0 amide bonds. The largest absolute Gasteiger partial charge is 0.299 e. The van der Waals surface area contributed by atoms with Crippen molar-refractivity contribution in [3.63, 3.8) is 0 Å². The Balaban J connectivity index is 3.86. The molecule has 0 aromatic carbocycles. The first-order valence-corrected chi connectivity index (χ1v) is 15.1. The van der Waals surface area contributed by atoms with Gasteiger partial charge in [-0.05, 0) is 19.3 Å². The standard InChI is InChI=1S/C31H61O/c1-4-7-10-13-15-17-18-19-21-23-26-29-31(32)30(27-24-12-9-6-3)28-25-22-20-16-14-11-8-5-2/h4-29H2,1-3H3. The Kier molecular flexibility index (Phi) is 26.6. The number of unbranched alkanes of at least 4 members (excludes halogenated alkanes) is 20. The fourth-order valence-electron chi connectivity index (χ4n) is 4.77. The number of carbonyl (C=O) groups is 1. The fraction of sp³-hybridized carbons (Fsp3) is 0.935. The zero-order valence-corrected chi connectivity index (χ0v) is 22.8. The highest BCUT2D eigenvalue weighted by atomic mass is 16.1. The van der Waals surface area contributed by atoms with E-state index < -0.39 is 0 Å². The predicted octanol–water partition coefficient (Wildman–Crippen LogP) is 11.3. The molecule has 0 spiro atoms. The van der Waals surface area contributed by atoms with Crippen LogP contribution in [0.15, 0.2) is 0 Å². The highest BCUT2D eigenvalue weighted by Gasteiger charge is 2.18. The number of rotatable bonds is 27. The normalized spacial score (nSPS) is 11.5. The molecule has 0 saturated heterocycles. The van der Waals surface area contributed by atoms with Gasteiger partial charge in [0.1, 0.15) is 5.78 Å². The smallest absolute Gasteiger partial charge is 0.140 e. The van der Waals surface area contributed by atoms with Crippen LogP contribution >= 0.6 is 0 Å². The molecule has 0 unspecified atom stereocenters. The van der Waals surface area contributed by atoms with Crippen LogP contribution in [0.2, 0.25) is 0 Å². The van der Waals surface area contributed by atoms with E-state index in [9.17, 15) is 4.79 Å². The quantitative estimate of drug-likeness (QED) is 0.114. The Hall–Kier alpha value is -0.330. The summed E-state index contributed by atoms with van der Waals surface area (Å²) in [5.41, 5.74) is 0. The summed E-state index contributed by atoms with van der Waals surface area (Å²) < 4.78 is 0. The van der Waals surface area contributed by atoms with Crippen molar-refractivity contribution < 1.29 is 4.79 Å². The molecule has 0 aromatic rings. The van der Waals surface area contributed by atoms with Gasteiger partial charge in [0.25, 0.3) is 0 Å². The summed E-state index contributed by atoms with van der Waals surface area (Å²) >= 11 is 0. The van der Waals surface area contributed by atoms with Crippen LogP contribution in [0, 0.1) is 5.92 Å². The molecule has 0 bridgehead atoms. The van der Waals surface area contributed by atoms with Gasteiger partial charge in [-0.1, -0.05) is 162 Å². The molecule has 32 heavy (non-hydrogen) atoms. The van der Waals surface area contributed by atoms with E-state index in [1.165, 1.54) is 147 Å². The molecule has 0 rings (SSSR count). The third kappa shape index (κ3) is 22.8. The predicted molar refractivity (Wildman–Crippen MR) is 145 cm³/mol. The van der Waals surface area contributed by atoms with Crippen LogP contribution < -0.4 is 0 Å². The average molecular weight is 450 g/mol. The number of hydrogen-bond acceptors (Lipinski definition) is 1. The molecule has 1 nitrogen and oxygen atoms in total. The van der Waals surface area contributed by atoms with Crippen molar-refractivity contribution in [2.75, 3.05) is 0 Å². The minimum Gasteiger partial charge on any atom is -0.299 e. The van der Waals surface area contributed by atoms with Gasteiger partial charge >= 0.3 is 0 Å². The first-order valence-electron chi connectivity index (χ1n) is 15.1. The van der Waals surface area contributed by atoms with Crippen LogP contribution in [-0.4, -0.2) is 5.78 Å². The van der Waals surface area contributed by atoms with E-state index in [-0.39, 0.29) is 0 Å². The summed E-state index contributed by atoms with van der Waals surface area (Å²) in [6.07, 6.45) is 33.8. The van der Waals surface area contributed by atoms with Crippen LogP contribution in [0.1, 0.15) is 188 Å². The van der Waals surface area contributed by atoms with Crippen molar-refractivity contribution >= 4 is 5.78 Å². The first kappa shape index (κ1) is 31.7. The summed E-state index contributed by atoms with van der Waals surface area (Å²) in [6.45, 7) is 6.84. The minimum atomic E-state index is 0.514. The van der Waals surface area contributed by atoms with E-state index in [1.807, 2.05) is 0 Å². The van der Waals surface area contributed by atoms with Gasteiger partial charge in [0.2, 0.25) is 0 Å². The second-order valence-corrected chi connectivity index (χ2v) is 10.3. The van der Waals surface area contributed by atoms with E-state index in [0.717, 1.165) is 25.7 Å². The number of Topliss-reactive ketones (excluding diaryl/α,β-unsaturated/α-hetero) is 1. The first-order chi connectivity index (χ1) is 15.8. The van der Waals surface area contributed by atoms with E-state index in [1.54, 1.807) is 0 Å². The minimum absolute atomic E-state index is 0.514. The number of carbonyl (C=O) groups excluding carboxylic acids is 1. The summed E-state index contributed by atoms with van der Waals surface area (Å²) in [7, 11) is 0. The van der Waals surface area contributed by atoms with Gasteiger partial charge in [0, 0.05) is 12.3 Å². The Morgan fingerprint density at radius 2 is 0.594 bits per heavy atom. The Labute approximate surface area is 204 Å². The van der Waals surface area contributed by atoms with Crippen molar-refractivity contribution in [2.24, 2.45) is 0 Å². The van der Waals surface area contributed by atoms with Crippen LogP contribution in [0.4, 0.5) is 0 Å². The van der Waals surface area contributed by atoms with Crippen molar-refractivity contribution in [3.8, 4) is 0 Å². The van der Waals surface area contributed by atoms with Crippen molar-refractivity contribution in [2.45, 2.75) is 188 Å². The molecule has 1 heteroatoms. The van der Waals surface area contributed by atoms with Crippen molar-refractivity contribution in [1.29, 1.82) is 0 Å². The summed E-state index contributed by atoms with van der Waals surface area (Å²) in [4.78, 5) is 12.9. The Morgan fingerprint density at radius 3 is 0.938 bits per heavy atom. The van der Waals surface area contributed by atoms with E-state index in [2.05, 4.69) is 20.8 Å². The Bertz CT molecular complexity index is 361. The maximum Gasteiger partial charge on any atom is 0.140 e. The van der Waals surface area contributed by atoms with Crippen LogP contribution in [0.3, 0.4) is 0 Å². The molecule has 0 N–H and O–H groups in total. The number of ketones is 1. The molecule has 0 atom stereocenters. The van der Waals surface area contributed by atoms with E-state index in [0.29, 0.717) is 5.78 Å². The lowest BCUT2D eigenvalue weighted by atomic mass is 9.88. The average Bonchev–Trinajstić information content (AvgIpc) is 2.80. The van der Waals surface area contributed by atoms with E-state index in [4.69, 9.17) is 0 Å². The summed E-state index contributed by atoms with van der Waals surface area (Å²) in [5.74, 6) is 1.81. The zero-order chi connectivity index (χ0) is 23.5. The molecule has 0 aliphatic carbocycles. The third-order valence-corrected chi connectivity index (χ3v) is 7.07. The van der Waals surface area contributed by atoms with Gasteiger partial charge in [0.15, 0.2) is 0 Å². The van der Waals surface area contributed by atoms with Crippen LogP contribution in [0.25, 0.3) is 0 Å². The number of hydrogen-bond donors (Lipinski definition) is 0. The van der Waals surface area contributed by atoms with E-state index >= 15 is 0 Å². The topological polar surface area (TPSA) is 17.1 Å². The van der Waals surface area contributed by atoms with Crippen LogP contribution in [-0.2, 0) is 4.79 Å². The second-order valence-electron chi connectivity index (χ2n) is 10.3. The van der Waals surface area contributed by atoms with Gasteiger partial charge in [-0.2, -0.15) is 0 Å². The molecule has 0 saturated carbocycles. The van der Waals surface area contributed by atoms with Gasteiger partial charge < -0.3 is 0 Å². The van der Waals surface area contributed by atoms with Crippen molar-refractivity contribution in [3.05, 3.63) is 5.92 Å². The lowest BCUT2D eigenvalue weighted by molar-refractivity contribution is -0.117. The molecule has 0 fully saturated rings. The lowest BCUT2D eigenvalue weighted by Crippen LogP contribution is -2.12. The molecule has 0 aromatic heterocycles. The molecule has 191 valence electrons. The van der Waals surface area contributed by atoms with Gasteiger partial charge in [0.05, 0.1) is 0 Å². The monoisotopic (exact) mass is 449 g/mol. The fourth-order valence-corrected chi connectivity index (χ4v) is 4.77. The maximum absolute atomic E-state index is 12.9. The molecule has 0 heterocycles. The van der Waals surface area contributed by atoms with Crippen molar-refractivity contribution in [1.82, 2.24) is 0 Å². The highest BCUT2D eigenvalue weighted by Crippen LogP contribution is 2.24. The van der Waals surface area contributed by atoms with Gasteiger partial charge in [-0.15, -0.1) is 0 Å². The summed E-state index contributed by atoms with van der Waals surface area (Å²) in [5, 5.41) is 0.